The molecule has 3 aromatic rings. The Morgan fingerprint density at radius 1 is 1.06 bits per heavy atom. The molecule has 0 saturated carbocycles. The van der Waals surface area contributed by atoms with Gasteiger partial charge in [0.05, 0.1) is 0 Å². The molecule has 0 atom stereocenters. The summed E-state index contributed by atoms with van der Waals surface area (Å²) >= 11 is 0. The van der Waals surface area contributed by atoms with Gasteiger partial charge in [0, 0.05) is 29.2 Å². The van der Waals surface area contributed by atoms with Crippen LogP contribution in [0.25, 0.3) is 10.9 Å². The normalized spacial score (nSPS) is 10.9. The number of H-pyrrole nitrogens is 1. The van der Waals surface area contributed by atoms with Crippen molar-refractivity contribution in [2.24, 2.45) is 0 Å². The van der Waals surface area contributed by atoms with Crippen molar-refractivity contribution in [3.63, 3.8) is 0 Å². The number of nitrogens with one attached hydrogen (secondary N) is 1. The molecule has 90 valence electrons. The summed E-state index contributed by atoms with van der Waals surface area (Å²) in [6.07, 6.45) is 2.96. The van der Waals surface area contributed by atoms with Crippen LogP contribution in [0.5, 0.6) is 0 Å². The van der Waals surface area contributed by atoms with Crippen molar-refractivity contribution in [3.05, 3.63) is 65.4 Å². The Labute approximate surface area is 106 Å². The number of nitrogens with two attached hydrogens (primary N) is 1. The van der Waals surface area contributed by atoms with E-state index in [-0.39, 0.29) is 0 Å². The predicted molar refractivity (Wildman–Crippen MR) is 76.7 cm³/mol. The predicted octanol–water partition coefficient (Wildman–Crippen LogP) is 3.65. The third-order valence-corrected chi connectivity index (χ3v) is 3.49. The summed E-state index contributed by atoms with van der Waals surface area (Å²) in [5.74, 6) is 0. The first-order valence-electron chi connectivity index (χ1n) is 6.14. The van der Waals surface area contributed by atoms with Gasteiger partial charge in [-0.05, 0) is 35.7 Å². The van der Waals surface area contributed by atoms with Gasteiger partial charge in [-0.1, -0.05) is 30.3 Å². The third-order valence-electron chi connectivity index (χ3n) is 3.49. The van der Waals surface area contributed by atoms with E-state index in [1.54, 1.807) is 0 Å². The average molecular weight is 236 g/mol. The summed E-state index contributed by atoms with van der Waals surface area (Å²) in [5.41, 5.74) is 11.9. The molecule has 2 heteroatoms. The lowest BCUT2D eigenvalue weighted by molar-refractivity contribution is 1.17. The molecule has 3 N–H and O–H groups in total. The van der Waals surface area contributed by atoms with Crippen LogP contribution in [0.2, 0.25) is 0 Å². The molecular formula is C16H16N2. The number of nitrogen functional groups attached to an aromatic ring is 1. The van der Waals surface area contributed by atoms with Gasteiger partial charge in [0.1, 0.15) is 0 Å². The summed E-state index contributed by atoms with van der Waals surface area (Å²) in [6.45, 7) is 2.11. The minimum atomic E-state index is 0.875. The second kappa shape index (κ2) is 4.22. The second-order valence-electron chi connectivity index (χ2n) is 4.68. The zero-order valence-corrected chi connectivity index (χ0v) is 10.4. The number of hydrogen-bond acceptors (Lipinski definition) is 1. The van der Waals surface area contributed by atoms with Gasteiger partial charge in [0.2, 0.25) is 0 Å². The molecule has 0 fully saturated rings. The van der Waals surface area contributed by atoms with Crippen molar-refractivity contribution < 1.29 is 0 Å². The highest BCUT2D eigenvalue weighted by molar-refractivity contribution is 5.83. The van der Waals surface area contributed by atoms with Crippen LogP contribution in [0.1, 0.15) is 16.7 Å². The van der Waals surface area contributed by atoms with E-state index in [4.69, 9.17) is 5.73 Å². The first-order chi connectivity index (χ1) is 8.75. The van der Waals surface area contributed by atoms with E-state index in [1.807, 2.05) is 18.2 Å². The van der Waals surface area contributed by atoms with E-state index in [2.05, 4.69) is 42.4 Å². The lowest BCUT2D eigenvalue weighted by atomic mass is 9.98. The van der Waals surface area contributed by atoms with Crippen LogP contribution in [-0.2, 0) is 6.42 Å². The maximum absolute atomic E-state index is 6.07. The van der Waals surface area contributed by atoms with E-state index in [9.17, 15) is 0 Å². The maximum Gasteiger partial charge on any atom is 0.0456 e. The Hall–Kier alpha value is -2.22. The second-order valence-corrected chi connectivity index (χ2v) is 4.68. The molecule has 0 aliphatic carbocycles. The minimum Gasteiger partial charge on any atom is -0.398 e. The Morgan fingerprint density at radius 2 is 1.89 bits per heavy atom. The van der Waals surface area contributed by atoms with Gasteiger partial charge >= 0.3 is 0 Å². The smallest absolute Gasteiger partial charge is 0.0456 e. The molecule has 0 spiro atoms. The van der Waals surface area contributed by atoms with Gasteiger partial charge < -0.3 is 10.7 Å². The standard InChI is InChI=1S/C16H16N2/c1-11-5-4-7-15(17)14(11)9-12-10-18-16-8-3-2-6-13(12)16/h2-8,10,18H,9,17H2,1H3. The largest absolute Gasteiger partial charge is 0.398 e. The fourth-order valence-corrected chi connectivity index (χ4v) is 2.43. The fraction of sp³-hybridized carbons (Fsp3) is 0.125. The van der Waals surface area contributed by atoms with E-state index in [0.29, 0.717) is 0 Å². The van der Waals surface area contributed by atoms with Crippen LogP contribution < -0.4 is 5.73 Å². The molecule has 0 radical (unpaired) electrons. The van der Waals surface area contributed by atoms with Gasteiger partial charge in [-0.3, -0.25) is 0 Å². The van der Waals surface area contributed by atoms with Crippen molar-refractivity contribution in [2.75, 3.05) is 5.73 Å². The lowest BCUT2D eigenvalue weighted by Crippen LogP contribution is -1.98. The van der Waals surface area contributed by atoms with Gasteiger partial charge in [-0.15, -0.1) is 0 Å². The zero-order chi connectivity index (χ0) is 12.5. The molecule has 0 saturated heterocycles. The number of fused-ring (bicyclic) bond motifs is 1. The molecule has 3 rings (SSSR count). The lowest BCUT2D eigenvalue weighted by Gasteiger charge is -2.08. The van der Waals surface area contributed by atoms with Crippen molar-refractivity contribution in [2.45, 2.75) is 13.3 Å². The molecule has 1 heterocycles. The SMILES string of the molecule is Cc1cccc(N)c1Cc1c[nH]c2ccccc12. The first kappa shape index (κ1) is 10.9. The van der Waals surface area contributed by atoms with Gasteiger partial charge in [-0.2, -0.15) is 0 Å². The van der Waals surface area contributed by atoms with Crippen molar-refractivity contribution in [3.8, 4) is 0 Å². The molecule has 18 heavy (non-hydrogen) atoms. The number of para-hydroxylation sites is 1. The van der Waals surface area contributed by atoms with Crippen LogP contribution in [0.3, 0.4) is 0 Å². The topological polar surface area (TPSA) is 41.8 Å². The highest BCUT2D eigenvalue weighted by atomic mass is 14.7. The molecule has 1 aromatic heterocycles. The van der Waals surface area contributed by atoms with Crippen molar-refractivity contribution in [1.29, 1.82) is 0 Å². The van der Waals surface area contributed by atoms with Gasteiger partial charge in [-0.25, -0.2) is 0 Å². The van der Waals surface area contributed by atoms with E-state index in [1.165, 1.54) is 27.6 Å². The summed E-state index contributed by atoms with van der Waals surface area (Å²) in [4.78, 5) is 3.31. The molecule has 2 nitrogen and oxygen atoms in total. The van der Waals surface area contributed by atoms with Gasteiger partial charge in [0.25, 0.3) is 0 Å². The van der Waals surface area contributed by atoms with Crippen LogP contribution in [0, 0.1) is 6.92 Å². The average Bonchev–Trinajstić information content (AvgIpc) is 2.77. The highest BCUT2D eigenvalue weighted by Crippen LogP contribution is 2.25. The highest BCUT2D eigenvalue weighted by Gasteiger charge is 2.08. The Bertz CT molecular complexity index is 675. The van der Waals surface area contributed by atoms with Crippen LogP contribution >= 0.6 is 0 Å². The van der Waals surface area contributed by atoms with E-state index in [0.717, 1.165) is 12.1 Å². The number of aromatic nitrogens is 1. The molecule has 0 unspecified atom stereocenters. The summed E-state index contributed by atoms with van der Waals surface area (Å²) < 4.78 is 0. The summed E-state index contributed by atoms with van der Waals surface area (Å²) in [7, 11) is 0. The third kappa shape index (κ3) is 1.76. The Kier molecular flexibility index (Phi) is 2.56. The van der Waals surface area contributed by atoms with E-state index >= 15 is 0 Å². The Balaban J connectivity index is 2.07. The van der Waals surface area contributed by atoms with Crippen LogP contribution in [-0.4, -0.2) is 4.98 Å². The minimum absolute atomic E-state index is 0.875. The number of aromatic amines is 1. The number of anilines is 1. The van der Waals surface area contributed by atoms with Crippen LogP contribution in [0.15, 0.2) is 48.7 Å². The fourth-order valence-electron chi connectivity index (χ4n) is 2.43. The molecular weight excluding hydrogens is 220 g/mol. The quantitative estimate of drug-likeness (QED) is 0.655. The zero-order valence-electron chi connectivity index (χ0n) is 10.4. The Morgan fingerprint density at radius 3 is 2.72 bits per heavy atom. The summed E-state index contributed by atoms with van der Waals surface area (Å²) in [5, 5.41) is 1.28. The van der Waals surface area contributed by atoms with Crippen molar-refractivity contribution >= 4 is 16.6 Å². The number of hydrogen-bond donors (Lipinski definition) is 2. The number of aryl methyl sites for hydroxylation is 1. The molecule has 0 bridgehead atoms. The summed E-state index contributed by atoms with van der Waals surface area (Å²) in [6, 6.07) is 14.4. The van der Waals surface area contributed by atoms with Gasteiger partial charge in [0.15, 0.2) is 0 Å². The number of benzene rings is 2. The molecule has 0 amide bonds. The molecule has 2 aromatic carbocycles. The van der Waals surface area contributed by atoms with Crippen molar-refractivity contribution in [1.82, 2.24) is 4.98 Å². The van der Waals surface area contributed by atoms with Crippen LogP contribution in [0.4, 0.5) is 5.69 Å². The molecule has 0 aliphatic heterocycles. The molecule has 0 aliphatic rings. The number of rotatable bonds is 2. The maximum atomic E-state index is 6.07. The first-order valence-corrected chi connectivity index (χ1v) is 6.14. The monoisotopic (exact) mass is 236 g/mol. The van der Waals surface area contributed by atoms with E-state index < -0.39 is 0 Å².